The van der Waals surface area contributed by atoms with E-state index >= 15 is 0 Å². The number of rotatable bonds is 0. The van der Waals surface area contributed by atoms with Crippen LogP contribution in [0.4, 0.5) is 0 Å². The van der Waals surface area contributed by atoms with E-state index in [4.69, 9.17) is 4.91 Å². The maximum absolute atomic E-state index is 10.5. The summed E-state index contributed by atoms with van der Waals surface area (Å²) < 4.78 is 0. The topological polar surface area (TPSA) is 58.0 Å². The fraction of sp³-hybridized carbons (Fsp3) is 0.833. The molecule has 1 fully saturated rings. The molecule has 0 unspecified atom stereocenters. The average Bonchev–Trinajstić information content (AvgIpc) is 1.94. The highest BCUT2D eigenvalue weighted by Crippen LogP contribution is 2.12. The van der Waals surface area contributed by atoms with Gasteiger partial charge in [0.15, 0.2) is 0 Å². The predicted molar refractivity (Wildman–Crippen MR) is 34.2 cm³/mol. The lowest BCUT2D eigenvalue weighted by Crippen LogP contribution is -2.02. The van der Waals surface area contributed by atoms with E-state index < -0.39 is 0 Å². The summed E-state index contributed by atoms with van der Waals surface area (Å²) >= 11 is 0. The fourth-order valence-electron chi connectivity index (χ4n) is 0.946. The van der Waals surface area contributed by atoms with Crippen LogP contribution in [0, 0.1) is 10.5 Å². The summed E-state index contributed by atoms with van der Waals surface area (Å²) in [5.74, 6) is 0.464. The summed E-state index contributed by atoms with van der Waals surface area (Å²) in [7, 11) is 0. The van der Waals surface area contributed by atoms with E-state index in [0.717, 1.165) is 25.7 Å². The standard InChI is InChI=1S/C6H10O.HNO/c7-6-4-2-1-3-5-6;1-2/h1-5H2;1H. The molecule has 0 bridgehead atoms. The van der Waals surface area contributed by atoms with Crippen molar-refractivity contribution in [2.75, 3.05) is 0 Å². The molecular formula is C6H11NO2. The molecule has 1 rings (SSSR count). The second kappa shape index (κ2) is 5.41. The number of hydrogen-bond donors (Lipinski definition) is 1. The number of carbonyl (C=O) groups excluding carboxylic acids is 1. The van der Waals surface area contributed by atoms with Crippen LogP contribution in [-0.2, 0) is 4.79 Å². The Morgan fingerprint density at radius 2 is 1.44 bits per heavy atom. The lowest BCUT2D eigenvalue weighted by atomic mass is 10.00. The van der Waals surface area contributed by atoms with Crippen molar-refractivity contribution in [2.45, 2.75) is 32.1 Å². The smallest absolute Gasteiger partial charge is 0.132 e. The molecular weight excluding hydrogens is 118 g/mol. The molecule has 3 nitrogen and oxygen atoms in total. The molecule has 1 N–H and O–H groups in total. The number of nitrogens with one attached hydrogen (secondary N) is 1. The van der Waals surface area contributed by atoms with Crippen molar-refractivity contribution in [1.29, 1.82) is 5.59 Å². The van der Waals surface area contributed by atoms with Crippen molar-refractivity contribution in [3.63, 3.8) is 0 Å². The highest BCUT2D eigenvalue weighted by Gasteiger charge is 2.05. The summed E-state index contributed by atoms with van der Waals surface area (Å²) in [5, 5.41) is 0. The largest absolute Gasteiger partial charge is 0.300 e. The third-order valence-electron chi connectivity index (χ3n) is 1.41. The van der Waals surface area contributed by atoms with Crippen LogP contribution in [0.2, 0.25) is 0 Å². The van der Waals surface area contributed by atoms with Gasteiger partial charge in [0.25, 0.3) is 0 Å². The van der Waals surface area contributed by atoms with Gasteiger partial charge in [-0.25, -0.2) is 0 Å². The quantitative estimate of drug-likeness (QED) is 0.507. The summed E-state index contributed by atoms with van der Waals surface area (Å²) in [6.07, 6.45) is 5.24. The third-order valence-corrected chi connectivity index (χ3v) is 1.41. The van der Waals surface area contributed by atoms with Crippen molar-refractivity contribution >= 4 is 5.78 Å². The van der Waals surface area contributed by atoms with Crippen molar-refractivity contribution in [3.8, 4) is 0 Å². The molecule has 0 aromatic heterocycles. The first kappa shape index (κ1) is 8.27. The SMILES string of the molecule is N=O.O=C1CCCCC1. The monoisotopic (exact) mass is 129 g/mol. The molecule has 1 aliphatic rings. The van der Waals surface area contributed by atoms with E-state index in [-0.39, 0.29) is 0 Å². The van der Waals surface area contributed by atoms with E-state index in [1.54, 1.807) is 0 Å². The molecule has 0 radical (unpaired) electrons. The van der Waals surface area contributed by atoms with Gasteiger partial charge in [0.05, 0.1) is 0 Å². The number of ketones is 1. The minimum Gasteiger partial charge on any atom is -0.300 e. The van der Waals surface area contributed by atoms with Crippen molar-refractivity contribution in [1.82, 2.24) is 0 Å². The average molecular weight is 129 g/mol. The van der Waals surface area contributed by atoms with Gasteiger partial charge in [-0.05, 0) is 12.8 Å². The van der Waals surface area contributed by atoms with Crippen molar-refractivity contribution < 1.29 is 4.79 Å². The van der Waals surface area contributed by atoms with Gasteiger partial charge in [-0.15, -0.1) is 0 Å². The van der Waals surface area contributed by atoms with Crippen LogP contribution in [-0.4, -0.2) is 5.78 Å². The van der Waals surface area contributed by atoms with E-state index in [1.807, 2.05) is 0 Å². The van der Waals surface area contributed by atoms with Gasteiger partial charge in [-0.1, -0.05) is 12.0 Å². The Bertz CT molecular complexity index is 85.1. The Kier molecular flexibility index (Phi) is 4.97. The van der Waals surface area contributed by atoms with Crippen LogP contribution < -0.4 is 0 Å². The van der Waals surface area contributed by atoms with Crippen LogP contribution in [0.1, 0.15) is 32.1 Å². The first-order valence-electron chi connectivity index (χ1n) is 3.12. The Morgan fingerprint density at radius 1 is 1.00 bits per heavy atom. The molecule has 0 atom stereocenters. The molecule has 52 valence electrons. The predicted octanol–water partition coefficient (Wildman–Crippen LogP) is 1.85. The normalized spacial score (nSPS) is 18.0. The second-order valence-corrected chi connectivity index (χ2v) is 2.10. The lowest BCUT2D eigenvalue weighted by molar-refractivity contribution is -0.120. The van der Waals surface area contributed by atoms with Gasteiger partial charge >= 0.3 is 0 Å². The van der Waals surface area contributed by atoms with E-state index in [2.05, 4.69) is 5.59 Å². The van der Waals surface area contributed by atoms with Gasteiger partial charge in [-0.2, -0.15) is 4.91 Å². The highest BCUT2D eigenvalue weighted by molar-refractivity contribution is 5.78. The zero-order chi connectivity index (χ0) is 7.11. The van der Waals surface area contributed by atoms with Crippen LogP contribution >= 0.6 is 0 Å². The molecule has 0 aromatic carbocycles. The molecule has 0 saturated heterocycles. The molecule has 3 heteroatoms. The number of Topliss-reactive ketones (excluding diaryl/α,β-unsaturated/α-hetero) is 1. The fourth-order valence-corrected chi connectivity index (χ4v) is 0.946. The van der Waals surface area contributed by atoms with Gasteiger partial charge < -0.3 is 0 Å². The molecule has 1 saturated carbocycles. The molecule has 0 aliphatic heterocycles. The molecule has 1 aliphatic carbocycles. The van der Waals surface area contributed by atoms with Gasteiger partial charge in [0, 0.05) is 12.8 Å². The maximum Gasteiger partial charge on any atom is 0.132 e. The Morgan fingerprint density at radius 3 is 1.67 bits per heavy atom. The van der Waals surface area contributed by atoms with E-state index in [1.165, 1.54) is 6.42 Å². The van der Waals surface area contributed by atoms with Crippen molar-refractivity contribution in [3.05, 3.63) is 4.91 Å². The summed E-state index contributed by atoms with van der Waals surface area (Å²) in [5.41, 5.74) is 4.50. The zero-order valence-corrected chi connectivity index (χ0v) is 5.35. The van der Waals surface area contributed by atoms with Gasteiger partial charge in [0.1, 0.15) is 5.78 Å². The van der Waals surface area contributed by atoms with Crippen molar-refractivity contribution in [2.24, 2.45) is 0 Å². The summed E-state index contributed by atoms with van der Waals surface area (Å²) in [6.45, 7) is 0. The molecule has 0 amide bonds. The second-order valence-electron chi connectivity index (χ2n) is 2.10. The Labute approximate surface area is 54.2 Å². The van der Waals surface area contributed by atoms with Crippen LogP contribution in [0.5, 0.6) is 0 Å². The molecule has 9 heavy (non-hydrogen) atoms. The van der Waals surface area contributed by atoms with Crippen LogP contribution in [0.25, 0.3) is 0 Å². The minimum absolute atomic E-state index is 0.464. The number of nitroso groups, excluding NO2 is 1. The lowest BCUT2D eigenvalue weighted by Gasteiger charge is -2.05. The first-order valence-corrected chi connectivity index (χ1v) is 3.12. The highest BCUT2D eigenvalue weighted by atomic mass is 16.2. The zero-order valence-electron chi connectivity index (χ0n) is 5.35. The van der Waals surface area contributed by atoms with Crippen LogP contribution in [0.15, 0.2) is 0 Å². The van der Waals surface area contributed by atoms with Crippen LogP contribution in [0.3, 0.4) is 0 Å². The summed E-state index contributed by atoms with van der Waals surface area (Å²) in [6, 6.07) is 0. The first-order chi connectivity index (χ1) is 4.39. The maximum atomic E-state index is 10.5. The molecule has 0 heterocycles. The number of hydrogen-bond acceptors (Lipinski definition) is 3. The Balaban J connectivity index is 0.000000291. The van der Waals surface area contributed by atoms with Gasteiger partial charge in [0.2, 0.25) is 0 Å². The van der Waals surface area contributed by atoms with E-state index in [9.17, 15) is 4.79 Å². The summed E-state index contributed by atoms with van der Waals surface area (Å²) in [4.78, 5) is 18.0. The number of carbonyl (C=O) groups is 1. The third kappa shape index (κ3) is 3.82. The Hall–Kier alpha value is -0.730. The van der Waals surface area contributed by atoms with Gasteiger partial charge in [-0.3, -0.25) is 4.79 Å². The minimum atomic E-state index is 0.464. The molecule has 0 aromatic rings. The molecule has 0 spiro atoms. The van der Waals surface area contributed by atoms with E-state index in [0.29, 0.717) is 5.78 Å².